The molecule has 0 bridgehead atoms. The summed E-state index contributed by atoms with van der Waals surface area (Å²) < 4.78 is 21.6. The van der Waals surface area contributed by atoms with E-state index in [9.17, 15) is 5.11 Å². The Morgan fingerprint density at radius 1 is 0.640 bits per heavy atom. The van der Waals surface area contributed by atoms with E-state index in [1.165, 1.54) is 7.11 Å². The van der Waals surface area contributed by atoms with E-state index >= 15 is 0 Å². The molecule has 2 rings (SSSR count). The van der Waals surface area contributed by atoms with Gasteiger partial charge in [-0.15, -0.1) is 0 Å². The van der Waals surface area contributed by atoms with Gasteiger partial charge in [-0.25, -0.2) is 0 Å². The summed E-state index contributed by atoms with van der Waals surface area (Å²) in [5.41, 5.74) is 2.23. The summed E-state index contributed by atoms with van der Waals surface area (Å²) >= 11 is 0. The minimum absolute atomic E-state index is 0.0565. The van der Waals surface area contributed by atoms with Crippen molar-refractivity contribution in [3.63, 3.8) is 0 Å². The predicted octanol–water partition coefficient (Wildman–Crippen LogP) is 4.39. The van der Waals surface area contributed by atoms with Crippen LogP contribution in [0.25, 0.3) is 11.1 Å². The number of hydrogen-bond acceptors (Lipinski definition) is 5. The highest BCUT2D eigenvalue weighted by Crippen LogP contribution is 2.47. The van der Waals surface area contributed by atoms with E-state index in [1.807, 2.05) is 12.1 Å². The van der Waals surface area contributed by atoms with Crippen LogP contribution in [-0.2, 0) is 5.41 Å². The fraction of sp³-hybridized carbons (Fsp3) is 0.400. The minimum atomic E-state index is -0.112. The molecule has 1 N–H and O–H groups in total. The van der Waals surface area contributed by atoms with Crippen LogP contribution >= 0.6 is 0 Å². The van der Waals surface area contributed by atoms with Gasteiger partial charge in [-0.1, -0.05) is 20.8 Å². The smallest absolute Gasteiger partial charge is 0.165 e. The summed E-state index contributed by atoms with van der Waals surface area (Å²) in [6, 6.07) is 7.33. The van der Waals surface area contributed by atoms with Crippen LogP contribution in [-0.4, -0.2) is 33.5 Å². The monoisotopic (exact) mass is 346 g/mol. The van der Waals surface area contributed by atoms with E-state index in [0.717, 1.165) is 5.56 Å². The van der Waals surface area contributed by atoms with Gasteiger partial charge >= 0.3 is 0 Å². The first-order valence-corrected chi connectivity index (χ1v) is 7.98. The van der Waals surface area contributed by atoms with Crippen molar-refractivity contribution in [3.05, 3.63) is 29.8 Å². The van der Waals surface area contributed by atoms with E-state index in [4.69, 9.17) is 18.9 Å². The SMILES string of the molecule is COc1cc(OC)c(-c2cc(C(C)(C)C)cc(OC)c2O)cc1OC. The summed E-state index contributed by atoms with van der Waals surface area (Å²) in [5.74, 6) is 2.15. The maximum atomic E-state index is 10.7. The van der Waals surface area contributed by atoms with E-state index in [-0.39, 0.29) is 11.2 Å². The number of rotatable bonds is 5. The number of ether oxygens (including phenoxy) is 4. The normalized spacial score (nSPS) is 11.2. The van der Waals surface area contributed by atoms with Crippen molar-refractivity contribution in [1.29, 1.82) is 0 Å². The van der Waals surface area contributed by atoms with E-state index in [0.29, 0.717) is 34.1 Å². The van der Waals surface area contributed by atoms with Gasteiger partial charge in [0.1, 0.15) is 5.75 Å². The number of hydrogen-bond donors (Lipinski definition) is 1. The molecule has 0 aliphatic heterocycles. The van der Waals surface area contributed by atoms with E-state index in [1.54, 1.807) is 33.5 Å². The van der Waals surface area contributed by atoms with Crippen molar-refractivity contribution in [3.8, 4) is 39.9 Å². The molecule has 0 heterocycles. The first-order valence-electron chi connectivity index (χ1n) is 7.98. The first kappa shape index (κ1) is 18.8. The van der Waals surface area contributed by atoms with Crippen LogP contribution in [0.5, 0.6) is 28.7 Å². The second-order valence-electron chi connectivity index (χ2n) is 6.73. The molecule has 0 unspecified atom stereocenters. The second-order valence-corrected chi connectivity index (χ2v) is 6.73. The molecule has 0 saturated carbocycles. The lowest BCUT2D eigenvalue weighted by Gasteiger charge is -2.23. The van der Waals surface area contributed by atoms with Crippen LogP contribution in [0, 0.1) is 0 Å². The third kappa shape index (κ3) is 3.60. The number of phenols is 1. The van der Waals surface area contributed by atoms with Gasteiger partial charge in [0.25, 0.3) is 0 Å². The fourth-order valence-corrected chi connectivity index (χ4v) is 2.64. The molecule has 2 aromatic rings. The quantitative estimate of drug-likeness (QED) is 0.870. The van der Waals surface area contributed by atoms with Gasteiger partial charge in [-0.05, 0) is 29.2 Å². The Labute approximate surface area is 149 Å². The molecule has 0 spiro atoms. The molecule has 5 heteroatoms. The number of benzene rings is 2. The zero-order valence-corrected chi connectivity index (χ0v) is 15.9. The molecular formula is C20H26O5. The standard InChI is InChI=1S/C20H26O5/c1-20(2,3)12-8-14(19(21)18(9-12)25-7)13-10-16(23-5)17(24-6)11-15(13)22-4/h8-11,21H,1-7H3. The van der Waals surface area contributed by atoms with Crippen molar-refractivity contribution in [1.82, 2.24) is 0 Å². The van der Waals surface area contributed by atoms with Crippen molar-refractivity contribution in [2.24, 2.45) is 0 Å². The van der Waals surface area contributed by atoms with Crippen molar-refractivity contribution < 1.29 is 24.1 Å². The number of phenolic OH excluding ortho intramolecular Hbond substituents is 1. The topological polar surface area (TPSA) is 57.2 Å². The zero-order valence-electron chi connectivity index (χ0n) is 15.9. The van der Waals surface area contributed by atoms with Crippen molar-refractivity contribution in [2.75, 3.05) is 28.4 Å². The zero-order chi connectivity index (χ0) is 18.8. The van der Waals surface area contributed by atoms with Crippen LogP contribution in [0.15, 0.2) is 24.3 Å². The third-order valence-electron chi connectivity index (χ3n) is 4.16. The highest BCUT2D eigenvalue weighted by Gasteiger charge is 2.23. The summed E-state index contributed by atoms with van der Waals surface area (Å²) in [6.45, 7) is 6.32. The van der Waals surface area contributed by atoms with Crippen LogP contribution in [0.3, 0.4) is 0 Å². The van der Waals surface area contributed by atoms with Gasteiger partial charge in [-0.2, -0.15) is 0 Å². The van der Waals surface area contributed by atoms with Crippen molar-refractivity contribution >= 4 is 0 Å². The number of methoxy groups -OCH3 is 4. The summed E-state index contributed by atoms with van der Waals surface area (Å²) in [4.78, 5) is 0. The molecule has 0 aliphatic carbocycles. The van der Waals surface area contributed by atoms with Crippen LogP contribution < -0.4 is 18.9 Å². The minimum Gasteiger partial charge on any atom is -0.504 e. The Morgan fingerprint density at radius 3 is 1.64 bits per heavy atom. The Hall–Kier alpha value is -2.56. The average molecular weight is 346 g/mol. The molecule has 0 radical (unpaired) electrons. The first-order chi connectivity index (χ1) is 11.8. The maximum absolute atomic E-state index is 10.7. The lowest BCUT2D eigenvalue weighted by molar-refractivity contribution is 0.349. The van der Waals surface area contributed by atoms with E-state index in [2.05, 4.69) is 20.8 Å². The van der Waals surface area contributed by atoms with Gasteiger partial charge in [0.15, 0.2) is 23.0 Å². The lowest BCUT2D eigenvalue weighted by Crippen LogP contribution is -2.11. The third-order valence-corrected chi connectivity index (χ3v) is 4.16. The Bertz CT molecular complexity index is 760. The van der Waals surface area contributed by atoms with Gasteiger partial charge < -0.3 is 24.1 Å². The van der Waals surface area contributed by atoms with Crippen LogP contribution in [0.2, 0.25) is 0 Å². The molecule has 136 valence electrons. The molecule has 0 atom stereocenters. The highest BCUT2D eigenvalue weighted by atomic mass is 16.5. The molecule has 25 heavy (non-hydrogen) atoms. The largest absolute Gasteiger partial charge is 0.504 e. The van der Waals surface area contributed by atoms with Gasteiger partial charge in [0, 0.05) is 17.2 Å². The van der Waals surface area contributed by atoms with Crippen LogP contribution in [0.4, 0.5) is 0 Å². The second kappa shape index (κ2) is 7.13. The molecule has 0 saturated heterocycles. The summed E-state index contributed by atoms with van der Waals surface area (Å²) in [6.07, 6.45) is 0. The summed E-state index contributed by atoms with van der Waals surface area (Å²) in [7, 11) is 6.25. The molecular weight excluding hydrogens is 320 g/mol. The molecule has 0 aromatic heterocycles. The average Bonchev–Trinajstić information content (AvgIpc) is 2.59. The summed E-state index contributed by atoms with van der Waals surface area (Å²) in [5, 5.41) is 10.7. The molecule has 0 fully saturated rings. The van der Waals surface area contributed by atoms with Gasteiger partial charge in [0.2, 0.25) is 0 Å². The van der Waals surface area contributed by atoms with Crippen molar-refractivity contribution in [2.45, 2.75) is 26.2 Å². The Balaban J connectivity index is 2.80. The van der Waals surface area contributed by atoms with Gasteiger partial charge in [-0.3, -0.25) is 0 Å². The molecule has 0 amide bonds. The highest BCUT2D eigenvalue weighted by molar-refractivity contribution is 5.81. The lowest BCUT2D eigenvalue weighted by atomic mass is 9.84. The van der Waals surface area contributed by atoms with Gasteiger partial charge in [0.05, 0.1) is 28.4 Å². The predicted molar refractivity (Wildman–Crippen MR) is 98.5 cm³/mol. The molecule has 0 aliphatic rings. The fourth-order valence-electron chi connectivity index (χ4n) is 2.64. The molecule has 2 aromatic carbocycles. The van der Waals surface area contributed by atoms with Crippen LogP contribution in [0.1, 0.15) is 26.3 Å². The number of aromatic hydroxyl groups is 1. The Morgan fingerprint density at radius 2 is 1.16 bits per heavy atom. The Kier molecular flexibility index (Phi) is 5.36. The van der Waals surface area contributed by atoms with E-state index < -0.39 is 0 Å². The molecule has 5 nitrogen and oxygen atoms in total. The maximum Gasteiger partial charge on any atom is 0.165 e.